The second kappa shape index (κ2) is 8.23. The third-order valence-corrected chi connectivity index (χ3v) is 4.17. The largest absolute Gasteiger partial charge is 0.415 e. The number of ether oxygens (including phenoxy) is 1. The number of nitrogens with one attached hydrogen (secondary N) is 1. The first-order chi connectivity index (χ1) is 12.2. The number of benzene rings is 1. The Morgan fingerprint density at radius 1 is 1.16 bits per heavy atom. The van der Waals surface area contributed by atoms with Gasteiger partial charge in [-0.2, -0.15) is 0 Å². The van der Waals surface area contributed by atoms with Gasteiger partial charge in [0.1, 0.15) is 11.4 Å². The van der Waals surface area contributed by atoms with Crippen LogP contribution in [0.4, 0.5) is 4.79 Å². The highest BCUT2D eigenvalue weighted by atomic mass is 16.6. The monoisotopic (exact) mass is 340 g/mol. The summed E-state index contributed by atoms with van der Waals surface area (Å²) in [6.45, 7) is 1.81. The lowest BCUT2D eigenvalue weighted by atomic mass is 9.97. The molecule has 1 aromatic carbocycles. The van der Waals surface area contributed by atoms with Gasteiger partial charge in [0.05, 0.1) is 6.20 Å². The van der Waals surface area contributed by atoms with Gasteiger partial charge in [-0.1, -0.05) is 18.2 Å². The van der Waals surface area contributed by atoms with Crippen molar-refractivity contribution in [2.75, 3.05) is 19.6 Å². The molecular weight excluding hydrogens is 320 g/mol. The van der Waals surface area contributed by atoms with Crippen molar-refractivity contribution in [3.63, 3.8) is 0 Å². The smallest absolute Gasteiger partial charge is 0.410 e. The van der Waals surface area contributed by atoms with E-state index in [0.29, 0.717) is 37.0 Å². The van der Waals surface area contributed by atoms with Gasteiger partial charge in [0, 0.05) is 32.0 Å². The maximum absolute atomic E-state index is 12.1. The molecule has 25 heavy (non-hydrogen) atoms. The maximum atomic E-state index is 12.1. The van der Waals surface area contributed by atoms with Crippen molar-refractivity contribution in [1.29, 1.82) is 0 Å². The van der Waals surface area contributed by atoms with E-state index in [2.05, 4.69) is 15.3 Å². The van der Waals surface area contributed by atoms with E-state index in [1.165, 1.54) is 18.6 Å². The van der Waals surface area contributed by atoms with Crippen molar-refractivity contribution in [2.24, 2.45) is 5.92 Å². The molecular formula is C18H20N4O3. The number of carbonyl (C=O) groups is 2. The van der Waals surface area contributed by atoms with Gasteiger partial charge in [0.2, 0.25) is 0 Å². The predicted molar refractivity (Wildman–Crippen MR) is 91.1 cm³/mol. The standard InChI is InChI=1S/C18H20N4O3/c23-17(16-13-19-8-9-20-16)21-12-14-6-10-22(11-7-14)18(24)25-15-4-2-1-3-5-15/h1-5,8-9,13-14H,6-7,10-12H2,(H,21,23). The molecule has 0 radical (unpaired) electrons. The van der Waals surface area contributed by atoms with E-state index in [1.807, 2.05) is 18.2 Å². The Morgan fingerprint density at radius 2 is 1.92 bits per heavy atom. The summed E-state index contributed by atoms with van der Waals surface area (Å²) in [5, 5.41) is 2.88. The fourth-order valence-electron chi connectivity index (χ4n) is 2.72. The topological polar surface area (TPSA) is 84.4 Å². The van der Waals surface area contributed by atoms with E-state index in [4.69, 9.17) is 4.74 Å². The van der Waals surface area contributed by atoms with Crippen molar-refractivity contribution in [1.82, 2.24) is 20.2 Å². The van der Waals surface area contributed by atoms with Crippen LogP contribution in [0.25, 0.3) is 0 Å². The average molecular weight is 340 g/mol. The molecule has 0 unspecified atom stereocenters. The number of para-hydroxylation sites is 1. The van der Waals surface area contributed by atoms with Crippen LogP contribution < -0.4 is 10.1 Å². The molecule has 2 amide bonds. The predicted octanol–water partition coefficient (Wildman–Crippen LogP) is 2.12. The van der Waals surface area contributed by atoms with E-state index < -0.39 is 0 Å². The van der Waals surface area contributed by atoms with Crippen molar-refractivity contribution < 1.29 is 14.3 Å². The van der Waals surface area contributed by atoms with E-state index in [1.54, 1.807) is 17.0 Å². The molecule has 1 aromatic heterocycles. The van der Waals surface area contributed by atoms with Crippen LogP contribution in [-0.2, 0) is 0 Å². The lowest BCUT2D eigenvalue weighted by Gasteiger charge is -2.31. The number of carbonyl (C=O) groups excluding carboxylic acids is 2. The number of rotatable bonds is 4. The number of hydrogen-bond acceptors (Lipinski definition) is 5. The first-order valence-electron chi connectivity index (χ1n) is 8.28. The van der Waals surface area contributed by atoms with Crippen LogP contribution in [0, 0.1) is 5.92 Å². The van der Waals surface area contributed by atoms with Crippen LogP contribution >= 0.6 is 0 Å². The molecule has 130 valence electrons. The third-order valence-electron chi connectivity index (χ3n) is 4.17. The Kier molecular flexibility index (Phi) is 5.56. The molecule has 1 aliphatic rings. The second-order valence-electron chi connectivity index (χ2n) is 5.91. The molecule has 7 nitrogen and oxygen atoms in total. The SMILES string of the molecule is O=C(NCC1CCN(C(=O)Oc2ccccc2)CC1)c1cnccn1. The lowest BCUT2D eigenvalue weighted by molar-refractivity contribution is 0.0926. The zero-order chi connectivity index (χ0) is 17.5. The first kappa shape index (κ1) is 16.9. The lowest BCUT2D eigenvalue weighted by Crippen LogP contribution is -2.42. The summed E-state index contributed by atoms with van der Waals surface area (Å²) in [6, 6.07) is 9.04. The van der Waals surface area contributed by atoms with Gasteiger partial charge in [-0.05, 0) is 30.9 Å². The Hall–Kier alpha value is -2.96. The number of hydrogen-bond donors (Lipinski definition) is 1. The van der Waals surface area contributed by atoms with Gasteiger partial charge >= 0.3 is 6.09 Å². The first-order valence-corrected chi connectivity index (χ1v) is 8.28. The summed E-state index contributed by atoms with van der Waals surface area (Å²) in [7, 11) is 0. The van der Waals surface area contributed by atoms with Crippen LogP contribution in [-0.4, -0.2) is 46.5 Å². The summed E-state index contributed by atoms with van der Waals surface area (Å²) in [6.07, 6.45) is 5.78. The van der Waals surface area contributed by atoms with Crippen molar-refractivity contribution in [2.45, 2.75) is 12.8 Å². The molecule has 2 aromatic rings. The van der Waals surface area contributed by atoms with Crippen molar-refractivity contribution in [3.8, 4) is 5.75 Å². The number of aromatic nitrogens is 2. The number of piperidine rings is 1. The highest BCUT2D eigenvalue weighted by molar-refractivity contribution is 5.91. The fourth-order valence-corrected chi connectivity index (χ4v) is 2.72. The minimum absolute atomic E-state index is 0.223. The average Bonchev–Trinajstić information content (AvgIpc) is 2.68. The normalized spacial score (nSPS) is 14.8. The van der Waals surface area contributed by atoms with Gasteiger partial charge in [0.15, 0.2) is 0 Å². The quantitative estimate of drug-likeness (QED) is 0.921. The Bertz CT molecular complexity index is 701. The fraction of sp³-hybridized carbons (Fsp3) is 0.333. The molecule has 1 aliphatic heterocycles. The van der Waals surface area contributed by atoms with E-state index in [-0.39, 0.29) is 12.0 Å². The molecule has 0 spiro atoms. The zero-order valence-corrected chi connectivity index (χ0v) is 13.8. The molecule has 1 N–H and O–H groups in total. The maximum Gasteiger partial charge on any atom is 0.415 e. The minimum Gasteiger partial charge on any atom is -0.410 e. The Balaban J connectivity index is 1.41. The molecule has 1 saturated heterocycles. The summed E-state index contributed by atoms with van der Waals surface area (Å²) < 4.78 is 5.35. The summed E-state index contributed by atoms with van der Waals surface area (Å²) in [5.74, 6) is 0.659. The van der Waals surface area contributed by atoms with Gasteiger partial charge in [-0.15, -0.1) is 0 Å². The van der Waals surface area contributed by atoms with Gasteiger partial charge < -0.3 is 15.0 Å². The Labute approximate surface area is 146 Å². The van der Waals surface area contributed by atoms with Crippen molar-refractivity contribution >= 4 is 12.0 Å². The van der Waals surface area contributed by atoms with Gasteiger partial charge in [0.25, 0.3) is 5.91 Å². The van der Waals surface area contributed by atoms with Crippen molar-refractivity contribution in [3.05, 3.63) is 54.6 Å². The highest BCUT2D eigenvalue weighted by Crippen LogP contribution is 2.18. The minimum atomic E-state index is -0.326. The summed E-state index contributed by atoms with van der Waals surface area (Å²) in [4.78, 5) is 33.7. The molecule has 1 fully saturated rings. The second-order valence-corrected chi connectivity index (χ2v) is 5.91. The summed E-state index contributed by atoms with van der Waals surface area (Å²) >= 11 is 0. The molecule has 3 rings (SSSR count). The molecule has 7 heteroatoms. The highest BCUT2D eigenvalue weighted by Gasteiger charge is 2.24. The van der Waals surface area contributed by atoms with Crippen LogP contribution in [0.2, 0.25) is 0 Å². The number of likely N-dealkylation sites (tertiary alicyclic amines) is 1. The van der Waals surface area contributed by atoms with Crippen LogP contribution in [0.5, 0.6) is 5.75 Å². The molecule has 0 atom stereocenters. The Morgan fingerprint density at radius 3 is 2.60 bits per heavy atom. The van der Waals surface area contributed by atoms with E-state index >= 15 is 0 Å². The molecule has 0 bridgehead atoms. The van der Waals surface area contributed by atoms with Crippen LogP contribution in [0.1, 0.15) is 23.3 Å². The zero-order valence-electron chi connectivity index (χ0n) is 13.8. The van der Waals surface area contributed by atoms with Gasteiger partial charge in [-0.25, -0.2) is 9.78 Å². The van der Waals surface area contributed by atoms with Crippen LogP contribution in [0.3, 0.4) is 0 Å². The van der Waals surface area contributed by atoms with E-state index in [0.717, 1.165) is 12.8 Å². The number of amides is 2. The third kappa shape index (κ3) is 4.76. The molecule has 0 saturated carbocycles. The molecule has 0 aliphatic carbocycles. The van der Waals surface area contributed by atoms with Crippen LogP contribution in [0.15, 0.2) is 48.9 Å². The number of nitrogens with zero attached hydrogens (tertiary/aromatic N) is 3. The molecule has 2 heterocycles. The van der Waals surface area contributed by atoms with E-state index in [9.17, 15) is 9.59 Å². The van der Waals surface area contributed by atoms with Gasteiger partial charge in [-0.3, -0.25) is 9.78 Å². The summed E-state index contributed by atoms with van der Waals surface area (Å²) in [5.41, 5.74) is 0.311.